The van der Waals surface area contributed by atoms with E-state index >= 15 is 0 Å². The summed E-state index contributed by atoms with van der Waals surface area (Å²) in [5.74, 6) is 1.19. The lowest BCUT2D eigenvalue weighted by Gasteiger charge is -2.34. The Balaban J connectivity index is 1.69. The molecule has 1 aliphatic carbocycles. The van der Waals surface area contributed by atoms with E-state index in [1.807, 2.05) is 36.1 Å². The van der Waals surface area contributed by atoms with Gasteiger partial charge in [-0.3, -0.25) is 4.79 Å². The number of benzene rings is 1. The predicted molar refractivity (Wildman–Crippen MR) is 99.5 cm³/mol. The van der Waals surface area contributed by atoms with Crippen LogP contribution in [0.1, 0.15) is 38.7 Å². The molecule has 136 valence electrons. The molecular formula is C20H29N3O2. The lowest BCUT2D eigenvalue weighted by atomic mass is 10.0. The first-order chi connectivity index (χ1) is 11.9. The molecule has 1 N–H and O–H groups in total. The topological polar surface area (TPSA) is 52.7 Å². The van der Waals surface area contributed by atoms with Crippen molar-refractivity contribution < 1.29 is 9.59 Å². The second kappa shape index (κ2) is 7.46. The highest BCUT2D eigenvalue weighted by Gasteiger charge is 2.36. The van der Waals surface area contributed by atoms with Crippen LogP contribution in [0.2, 0.25) is 0 Å². The van der Waals surface area contributed by atoms with E-state index in [0.29, 0.717) is 31.3 Å². The molecule has 0 spiro atoms. The highest BCUT2D eigenvalue weighted by Crippen LogP contribution is 2.32. The van der Waals surface area contributed by atoms with E-state index < -0.39 is 0 Å². The fourth-order valence-electron chi connectivity index (χ4n) is 3.39. The number of nitrogens with zero attached hydrogens (tertiary/aromatic N) is 2. The van der Waals surface area contributed by atoms with Crippen molar-refractivity contribution in [3.8, 4) is 0 Å². The van der Waals surface area contributed by atoms with Crippen LogP contribution in [0.5, 0.6) is 0 Å². The summed E-state index contributed by atoms with van der Waals surface area (Å²) in [4.78, 5) is 29.2. The van der Waals surface area contributed by atoms with Crippen molar-refractivity contribution in [3.63, 3.8) is 0 Å². The van der Waals surface area contributed by atoms with Crippen molar-refractivity contribution in [2.24, 2.45) is 11.8 Å². The lowest BCUT2D eigenvalue weighted by Crippen LogP contribution is -2.48. The fraction of sp³-hybridized carbons (Fsp3) is 0.600. The molecule has 3 rings (SSSR count). The van der Waals surface area contributed by atoms with Crippen LogP contribution in [0.4, 0.5) is 10.5 Å². The first-order valence-electron chi connectivity index (χ1n) is 9.36. The molecule has 3 amide bonds. The van der Waals surface area contributed by atoms with Gasteiger partial charge >= 0.3 is 6.03 Å². The van der Waals surface area contributed by atoms with Crippen LogP contribution in [-0.2, 0) is 4.79 Å². The second-order valence-corrected chi connectivity index (χ2v) is 7.79. The Kier molecular flexibility index (Phi) is 5.30. The number of aryl methyl sites for hydroxylation is 1. The number of carbonyl (C=O) groups is 2. The zero-order chi connectivity index (χ0) is 18.0. The van der Waals surface area contributed by atoms with E-state index in [4.69, 9.17) is 0 Å². The summed E-state index contributed by atoms with van der Waals surface area (Å²) in [5, 5.41) is 2.97. The Morgan fingerprint density at radius 1 is 1.24 bits per heavy atom. The average Bonchev–Trinajstić information content (AvgIpc) is 3.39. The minimum absolute atomic E-state index is 0.0966. The summed E-state index contributed by atoms with van der Waals surface area (Å²) in [6.45, 7) is 8.25. The van der Waals surface area contributed by atoms with E-state index in [9.17, 15) is 9.59 Å². The van der Waals surface area contributed by atoms with Crippen LogP contribution < -0.4 is 5.32 Å². The third kappa shape index (κ3) is 4.53. The van der Waals surface area contributed by atoms with Gasteiger partial charge in [0, 0.05) is 31.7 Å². The van der Waals surface area contributed by atoms with Crippen molar-refractivity contribution in [1.29, 1.82) is 0 Å². The normalized spacial score (nSPS) is 21.4. The number of hydrogen-bond donors (Lipinski definition) is 1. The van der Waals surface area contributed by atoms with Crippen molar-refractivity contribution in [2.45, 2.75) is 46.1 Å². The van der Waals surface area contributed by atoms with Crippen LogP contribution in [0, 0.1) is 18.8 Å². The van der Waals surface area contributed by atoms with Crippen molar-refractivity contribution in [3.05, 3.63) is 29.8 Å². The smallest absolute Gasteiger partial charge is 0.321 e. The Hall–Kier alpha value is -2.04. The summed E-state index contributed by atoms with van der Waals surface area (Å²) in [6.07, 6.45) is 2.87. The Morgan fingerprint density at radius 3 is 2.52 bits per heavy atom. The molecule has 1 atom stereocenters. The van der Waals surface area contributed by atoms with Crippen LogP contribution >= 0.6 is 0 Å². The average molecular weight is 343 g/mol. The fourth-order valence-corrected chi connectivity index (χ4v) is 3.39. The first kappa shape index (κ1) is 17.8. The molecule has 5 nitrogen and oxygen atoms in total. The molecule has 1 heterocycles. The molecule has 1 aromatic carbocycles. The summed E-state index contributed by atoms with van der Waals surface area (Å²) >= 11 is 0. The maximum absolute atomic E-state index is 12.7. The van der Waals surface area contributed by atoms with E-state index in [1.54, 1.807) is 4.90 Å². The third-order valence-corrected chi connectivity index (χ3v) is 5.24. The number of anilines is 1. The monoisotopic (exact) mass is 343 g/mol. The van der Waals surface area contributed by atoms with Crippen molar-refractivity contribution in [1.82, 2.24) is 9.80 Å². The number of amides is 3. The zero-order valence-corrected chi connectivity index (χ0v) is 15.5. The van der Waals surface area contributed by atoms with E-state index in [1.165, 1.54) is 12.8 Å². The molecule has 1 aliphatic heterocycles. The SMILES string of the molecule is Cc1ccc(NC(=O)N2CCC(=O)N(CC3CC3)[C@H](C(C)C)C2)cc1. The number of rotatable bonds is 4. The standard InChI is InChI=1S/C20H29N3O2/c1-14(2)18-13-22(11-10-19(24)23(18)12-16-6-7-16)20(25)21-17-8-4-15(3)5-9-17/h4-5,8-9,14,16,18H,6-7,10-13H2,1-3H3,(H,21,25)/t18-/m0/s1. The number of nitrogens with one attached hydrogen (secondary N) is 1. The van der Waals surface area contributed by atoms with Gasteiger partial charge < -0.3 is 15.1 Å². The van der Waals surface area contributed by atoms with E-state index in [2.05, 4.69) is 19.2 Å². The van der Waals surface area contributed by atoms with Crippen LogP contribution in [0.25, 0.3) is 0 Å². The molecule has 2 aliphatic rings. The van der Waals surface area contributed by atoms with Gasteiger partial charge in [-0.2, -0.15) is 0 Å². The third-order valence-electron chi connectivity index (χ3n) is 5.24. The molecule has 2 fully saturated rings. The van der Waals surface area contributed by atoms with Crippen LogP contribution in [0.15, 0.2) is 24.3 Å². The summed E-state index contributed by atoms with van der Waals surface area (Å²) in [7, 11) is 0. The molecule has 0 unspecified atom stereocenters. The van der Waals surface area contributed by atoms with Crippen molar-refractivity contribution >= 4 is 17.6 Å². The highest BCUT2D eigenvalue weighted by atomic mass is 16.2. The van der Waals surface area contributed by atoms with E-state index in [0.717, 1.165) is 17.8 Å². The Bertz CT molecular complexity index is 622. The quantitative estimate of drug-likeness (QED) is 0.910. The highest BCUT2D eigenvalue weighted by molar-refractivity contribution is 5.90. The number of hydrogen-bond acceptors (Lipinski definition) is 2. The molecular weight excluding hydrogens is 314 g/mol. The van der Waals surface area contributed by atoms with Gasteiger partial charge in [0.1, 0.15) is 0 Å². The molecule has 0 radical (unpaired) electrons. The molecule has 1 saturated heterocycles. The van der Waals surface area contributed by atoms with Gasteiger partial charge in [0.05, 0.1) is 6.04 Å². The number of urea groups is 1. The van der Waals surface area contributed by atoms with Gasteiger partial charge in [0.2, 0.25) is 5.91 Å². The van der Waals surface area contributed by atoms with Crippen LogP contribution in [-0.4, -0.2) is 47.4 Å². The van der Waals surface area contributed by atoms with Crippen LogP contribution in [0.3, 0.4) is 0 Å². The molecule has 25 heavy (non-hydrogen) atoms. The molecule has 1 aromatic rings. The van der Waals surface area contributed by atoms with Gasteiger partial charge in [-0.1, -0.05) is 31.5 Å². The molecule has 0 aromatic heterocycles. The van der Waals surface area contributed by atoms with Gasteiger partial charge in [-0.05, 0) is 43.7 Å². The summed E-state index contributed by atoms with van der Waals surface area (Å²) in [5.41, 5.74) is 1.95. The minimum atomic E-state index is -0.115. The zero-order valence-electron chi connectivity index (χ0n) is 15.5. The predicted octanol–water partition coefficient (Wildman–Crippen LogP) is 3.50. The van der Waals surface area contributed by atoms with E-state index in [-0.39, 0.29) is 18.0 Å². The largest absolute Gasteiger partial charge is 0.337 e. The van der Waals surface area contributed by atoms with Gasteiger partial charge in [0.25, 0.3) is 0 Å². The van der Waals surface area contributed by atoms with Gasteiger partial charge in [-0.25, -0.2) is 4.79 Å². The molecule has 5 heteroatoms. The maximum Gasteiger partial charge on any atom is 0.321 e. The second-order valence-electron chi connectivity index (χ2n) is 7.79. The van der Waals surface area contributed by atoms with Gasteiger partial charge in [-0.15, -0.1) is 0 Å². The van der Waals surface area contributed by atoms with Crippen molar-refractivity contribution in [2.75, 3.05) is 25.0 Å². The Morgan fingerprint density at radius 2 is 1.92 bits per heavy atom. The first-order valence-corrected chi connectivity index (χ1v) is 9.36. The lowest BCUT2D eigenvalue weighted by molar-refractivity contribution is -0.133. The Labute approximate surface area is 150 Å². The summed E-state index contributed by atoms with van der Waals surface area (Å²) in [6, 6.07) is 7.77. The summed E-state index contributed by atoms with van der Waals surface area (Å²) < 4.78 is 0. The minimum Gasteiger partial charge on any atom is -0.337 e. The maximum atomic E-state index is 12.7. The molecule has 1 saturated carbocycles. The van der Waals surface area contributed by atoms with Gasteiger partial charge in [0.15, 0.2) is 0 Å². The molecule has 0 bridgehead atoms. The number of carbonyl (C=O) groups excluding carboxylic acids is 2.